The van der Waals surface area contributed by atoms with Crippen LogP contribution in [0.3, 0.4) is 0 Å². The summed E-state index contributed by atoms with van der Waals surface area (Å²) in [6, 6.07) is 19.3. The molecule has 2 heterocycles. The number of fused-ring (bicyclic) bond motifs is 1. The first kappa shape index (κ1) is 14.8. The van der Waals surface area contributed by atoms with Gasteiger partial charge < -0.3 is 4.74 Å². The number of halogens is 1. The fourth-order valence-corrected chi connectivity index (χ4v) is 2.77. The number of benzene rings is 2. The van der Waals surface area contributed by atoms with Crippen molar-refractivity contribution in [2.45, 2.75) is 0 Å². The summed E-state index contributed by atoms with van der Waals surface area (Å²) < 4.78 is 6.98. The fraction of sp³-hybridized carbons (Fsp3) is 0. The van der Waals surface area contributed by atoms with Gasteiger partial charge in [-0.3, -0.25) is 4.98 Å². The number of ether oxygens (including phenoxy) is 1. The van der Waals surface area contributed by atoms with Gasteiger partial charge in [0.2, 0.25) is 5.88 Å². The van der Waals surface area contributed by atoms with E-state index < -0.39 is 0 Å². The number of pyridine rings is 1. The number of hydrogen-bond donors (Lipinski definition) is 0. The maximum absolute atomic E-state index is 6.03. The van der Waals surface area contributed by atoms with E-state index in [4.69, 9.17) is 4.74 Å². The lowest BCUT2D eigenvalue weighted by atomic mass is 10.2. The van der Waals surface area contributed by atoms with Crippen LogP contribution in [-0.4, -0.2) is 15.0 Å². The summed E-state index contributed by atoms with van der Waals surface area (Å²) in [5.41, 5.74) is 1.68. The largest absolute Gasteiger partial charge is 0.438 e. The van der Waals surface area contributed by atoms with E-state index >= 15 is 0 Å². The van der Waals surface area contributed by atoms with Crippen LogP contribution >= 0.6 is 15.9 Å². The summed E-state index contributed by atoms with van der Waals surface area (Å²) in [6.45, 7) is 0. The predicted molar refractivity (Wildman–Crippen MR) is 97.0 cm³/mol. The third kappa shape index (κ3) is 2.98. The number of aromatic nitrogens is 3. The molecule has 2 aromatic carbocycles. The van der Waals surface area contributed by atoms with Gasteiger partial charge in [-0.1, -0.05) is 34.1 Å². The highest BCUT2D eigenvalue weighted by Crippen LogP contribution is 2.30. The van der Waals surface area contributed by atoms with Crippen LogP contribution in [0.25, 0.3) is 22.3 Å². The SMILES string of the molecule is Brc1cccc(Oc2nc(-c3cccnc3)nc3ccccc23)c1. The monoisotopic (exact) mass is 377 g/mol. The van der Waals surface area contributed by atoms with Crippen LogP contribution in [0.2, 0.25) is 0 Å². The molecule has 4 aromatic rings. The lowest BCUT2D eigenvalue weighted by molar-refractivity contribution is 0.468. The van der Waals surface area contributed by atoms with Crippen molar-refractivity contribution in [1.82, 2.24) is 15.0 Å². The zero-order valence-electron chi connectivity index (χ0n) is 12.6. The molecule has 5 heteroatoms. The van der Waals surface area contributed by atoms with E-state index in [9.17, 15) is 0 Å². The van der Waals surface area contributed by atoms with Crippen LogP contribution in [0.15, 0.2) is 77.5 Å². The van der Waals surface area contributed by atoms with Crippen molar-refractivity contribution in [3.63, 3.8) is 0 Å². The highest BCUT2D eigenvalue weighted by Gasteiger charge is 2.11. The Balaban J connectivity index is 1.86. The highest BCUT2D eigenvalue weighted by atomic mass is 79.9. The highest BCUT2D eigenvalue weighted by molar-refractivity contribution is 9.10. The van der Waals surface area contributed by atoms with Gasteiger partial charge >= 0.3 is 0 Å². The van der Waals surface area contributed by atoms with E-state index in [1.165, 1.54) is 0 Å². The molecule has 4 nitrogen and oxygen atoms in total. The summed E-state index contributed by atoms with van der Waals surface area (Å²) in [6.07, 6.45) is 3.47. The van der Waals surface area contributed by atoms with Crippen molar-refractivity contribution in [2.24, 2.45) is 0 Å². The van der Waals surface area contributed by atoms with Crippen molar-refractivity contribution in [3.8, 4) is 23.0 Å². The third-order valence-electron chi connectivity index (χ3n) is 3.50. The zero-order valence-corrected chi connectivity index (χ0v) is 14.1. The van der Waals surface area contributed by atoms with Gasteiger partial charge in [-0.05, 0) is 42.5 Å². The zero-order chi connectivity index (χ0) is 16.4. The summed E-state index contributed by atoms with van der Waals surface area (Å²) >= 11 is 3.46. The Hall–Kier alpha value is -2.79. The van der Waals surface area contributed by atoms with E-state index in [1.807, 2.05) is 60.7 Å². The van der Waals surface area contributed by atoms with Crippen molar-refractivity contribution < 1.29 is 4.74 Å². The Morgan fingerprint density at radius 3 is 2.62 bits per heavy atom. The van der Waals surface area contributed by atoms with Crippen LogP contribution in [0.1, 0.15) is 0 Å². The molecule has 0 saturated heterocycles. The molecule has 0 saturated carbocycles. The molecule has 0 fully saturated rings. The summed E-state index contributed by atoms with van der Waals surface area (Å²) in [5, 5.41) is 0.866. The first-order valence-corrected chi connectivity index (χ1v) is 8.19. The predicted octanol–water partition coefficient (Wildman–Crippen LogP) is 5.25. The minimum absolute atomic E-state index is 0.526. The van der Waals surface area contributed by atoms with Gasteiger partial charge in [-0.2, -0.15) is 4.98 Å². The van der Waals surface area contributed by atoms with Gasteiger partial charge in [0.05, 0.1) is 10.9 Å². The second-order valence-electron chi connectivity index (χ2n) is 5.17. The number of rotatable bonds is 3. The molecule has 2 aromatic heterocycles. The summed E-state index contributed by atoms with van der Waals surface area (Å²) in [7, 11) is 0. The van der Waals surface area contributed by atoms with Gasteiger partial charge in [0.25, 0.3) is 0 Å². The molecule has 116 valence electrons. The third-order valence-corrected chi connectivity index (χ3v) is 3.99. The lowest BCUT2D eigenvalue weighted by Crippen LogP contribution is -1.96. The summed E-state index contributed by atoms with van der Waals surface area (Å²) in [4.78, 5) is 13.4. The van der Waals surface area contributed by atoms with Crippen molar-refractivity contribution in [3.05, 3.63) is 77.5 Å². The van der Waals surface area contributed by atoms with Crippen LogP contribution < -0.4 is 4.74 Å². The van der Waals surface area contributed by atoms with Gasteiger partial charge in [0, 0.05) is 22.4 Å². The van der Waals surface area contributed by atoms with E-state index in [-0.39, 0.29) is 0 Å². The minimum atomic E-state index is 0.526. The Labute approximate surface area is 147 Å². The van der Waals surface area contributed by atoms with Crippen LogP contribution in [0.4, 0.5) is 0 Å². The Morgan fingerprint density at radius 2 is 1.79 bits per heavy atom. The molecule has 24 heavy (non-hydrogen) atoms. The summed E-state index contributed by atoms with van der Waals surface area (Å²) in [5.74, 6) is 1.83. The molecule has 0 N–H and O–H groups in total. The van der Waals surface area contributed by atoms with Gasteiger partial charge in [-0.15, -0.1) is 0 Å². The van der Waals surface area contributed by atoms with Crippen molar-refractivity contribution >= 4 is 26.8 Å². The fourth-order valence-electron chi connectivity index (χ4n) is 2.39. The second kappa shape index (κ2) is 6.37. The average Bonchev–Trinajstić information content (AvgIpc) is 2.62. The maximum Gasteiger partial charge on any atom is 0.230 e. The molecule has 0 radical (unpaired) electrons. The normalized spacial score (nSPS) is 10.7. The molecule has 0 aliphatic rings. The molecule has 0 amide bonds. The lowest BCUT2D eigenvalue weighted by Gasteiger charge is -2.10. The van der Waals surface area contributed by atoms with Gasteiger partial charge in [-0.25, -0.2) is 4.98 Å². The first-order valence-electron chi connectivity index (χ1n) is 7.40. The molecular weight excluding hydrogens is 366 g/mol. The van der Waals surface area contributed by atoms with E-state index in [0.717, 1.165) is 20.9 Å². The molecule has 0 bridgehead atoms. The standard InChI is InChI=1S/C19H12BrN3O/c20-14-6-3-7-15(11-14)24-19-16-8-1-2-9-17(16)22-18(23-19)13-5-4-10-21-12-13/h1-12H. The molecule has 0 unspecified atom stereocenters. The number of para-hydroxylation sites is 1. The molecule has 0 spiro atoms. The maximum atomic E-state index is 6.03. The second-order valence-corrected chi connectivity index (χ2v) is 6.09. The topological polar surface area (TPSA) is 47.9 Å². The van der Waals surface area contributed by atoms with Crippen LogP contribution in [0, 0.1) is 0 Å². The van der Waals surface area contributed by atoms with Crippen LogP contribution in [-0.2, 0) is 0 Å². The Kier molecular flexibility index (Phi) is 3.92. The van der Waals surface area contributed by atoms with Gasteiger partial charge in [0.1, 0.15) is 5.75 Å². The quantitative estimate of drug-likeness (QED) is 0.489. The van der Waals surface area contributed by atoms with Crippen molar-refractivity contribution in [1.29, 1.82) is 0 Å². The molecule has 0 atom stereocenters. The Bertz CT molecular complexity index is 1010. The molecule has 4 rings (SSSR count). The van der Waals surface area contributed by atoms with Crippen LogP contribution in [0.5, 0.6) is 11.6 Å². The smallest absolute Gasteiger partial charge is 0.230 e. The van der Waals surface area contributed by atoms with Gasteiger partial charge in [0.15, 0.2) is 5.82 Å². The first-order chi connectivity index (χ1) is 11.8. The molecular formula is C19H12BrN3O. The minimum Gasteiger partial charge on any atom is -0.438 e. The van der Waals surface area contributed by atoms with E-state index in [1.54, 1.807) is 12.4 Å². The van der Waals surface area contributed by atoms with E-state index in [0.29, 0.717) is 17.5 Å². The van der Waals surface area contributed by atoms with Crippen molar-refractivity contribution in [2.75, 3.05) is 0 Å². The number of hydrogen-bond acceptors (Lipinski definition) is 4. The molecule has 0 aliphatic heterocycles. The molecule has 0 aliphatic carbocycles. The number of nitrogens with zero attached hydrogens (tertiary/aromatic N) is 3. The Morgan fingerprint density at radius 1 is 0.875 bits per heavy atom. The average molecular weight is 378 g/mol. The van der Waals surface area contributed by atoms with E-state index in [2.05, 4.69) is 30.9 Å².